The van der Waals surface area contributed by atoms with Crippen molar-refractivity contribution in [1.29, 1.82) is 0 Å². The number of aryl methyl sites for hydroxylation is 1. The topological polar surface area (TPSA) is 46.2 Å². The van der Waals surface area contributed by atoms with Gasteiger partial charge in [0.25, 0.3) is 0 Å². The Labute approximate surface area is 165 Å². The lowest BCUT2D eigenvalue weighted by Gasteiger charge is -2.27. The quantitative estimate of drug-likeness (QED) is 0.602. The molecule has 0 bridgehead atoms. The first-order valence-electron chi connectivity index (χ1n) is 8.73. The molecule has 2 atom stereocenters. The minimum atomic E-state index is -3.65. The van der Waals surface area contributed by atoms with Gasteiger partial charge in [-0.2, -0.15) is 11.8 Å². The highest BCUT2D eigenvalue weighted by Crippen LogP contribution is 2.39. The van der Waals surface area contributed by atoms with Crippen LogP contribution in [0.1, 0.15) is 28.0 Å². The lowest BCUT2D eigenvalue weighted by Crippen LogP contribution is -2.31. The molecule has 0 spiro atoms. The Bertz CT molecular complexity index is 956. The molecule has 0 unspecified atom stereocenters. The summed E-state index contributed by atoms with van der Waals surface area (Å²) in [6.07, 6.45) is 2.01. The van der Waals surface area contributed by atoms with E-state index in [0.717, 1.165) is 16.7 Å². The fourth-order valence-electron chi connectivity index (χ4n) is 3.02. The van der Waals surface area contributed by atoms with Gasteiger partial charge in [0.15, 0.2) is 0 Å². The Kier molecular flexibility index (Phi) is 6.37. The third-order valence-electron chi connectivity index (χ3n) is 4.46. The molecule has 0 fully saturated rings. The molecule has 0 aliphatic carbocycles. The van der Waals surface area contributed by atoms with E-state index in [1.54, 1.807) is 23.9 Å². The summed E-state index contributed by atoms with van der Waals surface area (Å²) < 4.78 is 29.1. The zero-order valence-corrected chi connectivity index (χ0v) is 17.0. The van der Waals surface area contributed by atoms with Gasteiger partial charge in [-0.25, -0.2) is 13.1 Å². The van der Waals surface area contributed by atoms with Crippen molar-refractivity contribution < 1.29 is 8.42 Å². The number of hydrogen-bond acceptors (Lipinski definition) is 3. The fraction of sp³-hybridized carbons (Fsp3) is 0.182. The fourth-order valence-corrected chi connectivity index (χ4v) is 5.27. The monoisotopic (exact) mass is 397 g/mol. The van der Waals surface area contributed by atoms with Gasteiger partial charge in [-0.1, -0.05) is 78.4 Å². The van der Waals surface area contributed by atoms with Crippen LogP contribution in [0.2, 0.25) is 0 Å². The van der Waals surface area contributed by atoms with Crippen molar-refractivity contribution in [3.05, 3.63) is 102 Å². The number of benzene rings is 3. The van der Waals surface area contributed by atoms with Crippen molar-refractivity contribution in [2.75, 3.05) is 6.26 Å². The molecule has 0 saturated heterocycles. The SMILES string of the molecule is CS[C@@H](c1ccccc1)[C@H](NS(=O)(=O)c1ccc(C)cc1)c1ccccc1. The maximum absolute atomic E-state index is 13.1. The summed E-state index contributed by atoms with van der Waals surface area (Å²) >= 11 is 1.64. The van der Waals surface area contributed by atoms with Gasteiger partial charge in [-0.15, -0.1) is 0 Å². The number of rotatable bonds is 7. The van der Waals surface area contributed by atoms with Crippen LogP contribution in [0.5, 0.6) is 0 Å². The molecule has 5 heteroatoms. The van der Waals surface area contributed by atoms with Crippen molar-refractivity contribution in [3.63, 3.8) is 0 Å². The molecule has 3 aromatic rings. The molecule has 0 amide bonds. The summed E-state index contributed by atoms with van der Waals surface area (Å²) in [5.74, 6) is 0. The second-order valence-electron chi connectivity index (χ2n) is 6.39. The predicted octanol–water partition coefficient (Wildman–Crippen LogP) is 5.12. The molecular weight excluding hydrogens is 374 g/mol. The number of hydrogen-bond donors (Lipinski definition) is 1. The summed E-state index contributed by atoms with van der Waals surface area (Å²) in [6.45, 7) is 1.94. The maximum Gasteiger partial charge on any atom is 0.241 e. The standard InChI is InChI=1S/C22H23NO2S2/c1-17-13-15-20(16-14-17)27(24,25)23-21(18-9-5-3-6-10-18)22(26-2)19-11-7-4-8-12-19/h3-16,21-23H,1-2H3/t21-,22+/m1/s1. The van der Waals surface area contributed by atoms with Gasteiger partial charge >= 0.3 is 0 Å². The van der Waals surface area contributed by atoms with Crippen molar-refractivity contribution in [2.45, 2.75) is 23.1 Å². The molecule has 0 radical (unpaired) electrons. The minimum Gasteiger partial charge on any atom is -0.207 e. The van der Waals surface area contributed by atoms with Crippen LogP contribution < -0.4 is 4.72 Å². The first-order valence-corrected chi connectivity index (χ1v) is 11.5. The van der Waals surface area contributed by atoms with E-state index in [1.165, 1.54) is 0 Å². The Balaban J connectivity index is 2.01. The summed E-state index contributed by atoms with van der Waals surface area (Å²) in [7, 11) is -3.65. The molecule has 140 valence electrons. The zero-order chi connectivity index (χ0) is 19.3. The highest BCUT2D eigenvalue weighted by Gasteiger charge is 2.29. The Morgan fingerprint density at radius 3 is 1.81 bits per heavy atom. The van der Waals surface area contributed by atoms with Gasteiger partial charge in [0.1, 0.15) is 0 Å². The normalized spacial score (nSPS) is 13.9. The van der Waals surface area contributed by atoms with Crippen molar-refractivity contribution >= 4 is 21.8 Å². The predicted molar refractivity (Wildman–Crippen MR) is 113 cm³/mol. The first kappa shape index (κ1) is 19.7. The van der Waals surface area contributed by atoms with E-state index in [4.69, 9.17) is 0 Å². The van der Waals surface area contributed by atoms with Gasteiger partial charge in [-0.3, -0.25) is 0 Å². The second-order valence-corrected chi connectivity index (χ2v) is 9.08. The largest absolute Gasteiger partial charge is 0.241 e. The summed E-state index contributed by atoms with van der Waals surface area (Å²) in [5, 5.41) is -0.0474. The van der Waals surface area contributed by atoms with Crippen molar-refractivity contribution in [2.24, 2.45) is 0 Å². The van der Waals surface area contributed by atoms with Crippen LogP contribution in [0.4, 0.5) is 0 Å². The average molecular weight is 398 g/mol. The number of nitrogens with one attached hydrogen (secondary N) is 1. The molecular formula is C22H23NO2S2. The lowest BCUT2D eigenvalue weighted by molar-refractivity contribution is 0.552. The highest BCUT2D eigenvalue weighted by atomic mass is 32.2. The van der Waals surface area contributed by atoms with E-state index in [9.17, 15) is 8.42 Å². The maximum atomic E-state index is 13.1. The first-order chi connectivity index (χ1) is 13.0. The Morgan fingerprint density at radius 1 is 0.778 bits per heavy atom. The highest BCUT2D eigenvalue weighted by molar-refractivity contribution is 7.98. The smallest absolute Gasteiger partial charge is 0.207 e. The van der Waals surface area contributed by atoms with Crippen LogP contribution in [-0.2, 0) is 10.0 Å². The molecule has 3 nitrogen and oxygen atoms in total. The summed E-state index contributed by atoms with van der Waals surface area (Å²) in [5.41, 5.74) is 3.06. The Hall–Kier alpha value is -2.08. The van der Waals surface area contributed by atoms with E-state index < -0.39 is 10.0 Å². The molecule has 0 aliphatic heterocycles. The summed E-state index contributed by atoms with van der Waals surface area (Å²) in [6, 6.07) is 26.3. The van der Waals surface area contributed by atoms with E-state index in [2.05, 4.69) is 4.72 Å². The van der Waals surface area contributed by atoms with Gasteiger partial charge in [-0.05, 0) is 36.4 Å². The molecule has 3 aromatic carbocycles. The van der Waals surface area contributed by atoms with Crippen LogP contribution in [0.15, 0.2) is 89.8 Å². The van der Waals surface area contributed by atoms with Crippen molar-refractivity contribution in [3.8, 4) is 0 Å². The van der Waals surface area contributed by atoms with Gasteiger partial charge in [0.05, 0.1) is 10.9 Å². The van der Waals surface area contributed by atoms with Crippen LogP contribution in [0, 0.1) is 6.92 Å². The molecule has 0 aromatic heterocycles. The average Bonchev–Trinajstić information content (AvgIpc) is 2.69. The van der Waals surface area contributed by atoms with Crippen LogP contribution in [0.3, 0.4) is 0 Å². The molecule has 3 rings (SSSR count). The second kappa shape index (κ2) is 8.74. The summed E-state index contributed by atoms with van der Waals surface area (Å²) in [4.78, 5) is 0.280. The van der Waals surface area contributed by atoms with Crippen LogP contribution in [-0.4, -0.2) is 14.7 Å². The third kappa shape index (κ3) is 4.80. The van der Waals surface area contributed by atoms with Crippen LogP contribution in [0.25, 0.3) is 0 Å². The number of thioether (sulfide) groups is 1. The van der Waals surface area contributed by atoms with E-state index in [1.807, 2.05) is 86.0 Å². The van der Waals surface area contributed by atoms with E-state index >= 15 is 0 Å². The third-order valence-corrected chi connectivity index (χ3v) is 6.97. The van der Waals surface area contributed by atoms with Crippen LogP contribution >= 0.6 is 11.8 Å². The van der Waals surface area contributed by atoms with Gasteiger partial charge < -0.3 is 0 Å². The number of sulfonamides is 1. The molecule has 0 aliphatic rings. The molecule has 27 heavy (non-hydrogen) atoms. The lowest BCUT2D eigenvalue weighted by atomic mass is 9.99. The minimum absolute atomic E-state index is 0.0474. The molecule has 0 saturated carbocycles. The van der Waals surface area contributed by atoms with Gasteiger partial charge in [0, 0.05) is 5.25 Å². The van der Waals surface area contributed by atoms with E-state index in [-0.39, 0.29) is 16.2 Å². The zero-order valence-electron chi connectivity index (χ0n) is 15.4. The van der Waals surface area contributed by atoms with Gasteiger partial charge in [0.2, 0.25) is 10.0 Å². The molecule has 0 heterocycles. The van der Waals surface area contributed by atoms with Crippen molar-refractivity contribution in [1.82, 2.24) is 4.72 Å². The molecule has 1 N–H and O–H groups in total. The Morgan fingerprint density at radius 2 is 1.30 bits per heavy atom. The van der Waals surface area contributed by atoms with E-state index in [0.29, 0.717) is 0 Å².